The molecule has 0 aliphatic heterocycles. The molecule has 0 aliphatic rings. The maximum absolute atomic E-state index is 12.4. The summed E-state index contributed by atoms with van der Waals surface area (Å²) in [4.78, 5) is 23.3. The van der Waals surface area contributed by atoms with Crippen LogP contribution in [0.25, 0.3) is 11.1 Å². The van der Waals surface area contributed by atoms with E-state index in [9.17, 15) is 9.59 Å². The molecule has 0 aromatic heterocycles. The Labute approximate surface area is 169 Å². The monoisotopic (exact) mass is 386 g/mol. The van der Waals surface area contributed by atoms with Crippen molar-refractivity contribution in [3.8, 4) is 11.1 Å². The highest BCUT2D eigenvalue weighted by Gasteiger charge is 2.11. The van der Waals surface area contributed by atoms with E-state index < -0.39 is 18.0 Å². The van der Waals surface area contributed by atoms with Gasteiger partial charge in [0.15, 0.2) is 0 Å². The van der Waals surface area contributed by atoms with E-state index >= 15 is 0 Å². The molecule has 0 heterocycles. The number of benzene rings is 3. The van der Waals surface area contributed by atoms with Crippen LogP contribution in [0.1, 0.15) is 5.56 Å². The Morgan fingerprint density at radius 1 is 0.828 bits per heavy atom. The Bertz CT molecular complexity index is 968. The van der Waals surface area contributed by atoms with Gasteiger partial charge in [-0.25, -0.2) is 9.59 Å². The van der Waals surface area contributed by atoms with Crippen LogP contribution in [0.2, 0.25) is 0 Å². The minimum absolute atomic E-state index is 0.395. The summed E-state index contributed by atoms with van der Waals surface area (Å²) in [6, 6.07) is 26.3. The smallest absolute Gasteiger partial charge is 0.328 e. The molecule has 5 nitrogen and oxygen atoms in total. The molecule has 3 aromatic carbocycles. The van der Waals surface area contributed by atoms with Crippen molar-refractivity contribution in [1.82, 2.24) is 5.32 Å². The lowest BCUT2D eigenvalue weighted by Crippen LogP contribution is -2.38. The van der Waals surface area contributed by atoms with Crippen LogP contribution in [0.5, 0.6) is 0 Å². The zero-order chi connectivity index (χ0) is 20.5. The molecule has 0 saturated carbocycles. The van der Waals surface area contributed by atoms with Crippen LogP contribution in [0.4, 0.5) is 10.5 Å². The summed E-state index contributed by atoms with van der Waals surface area (Å²) in [7, 11) is 0. The van der Waals surface area contributed by atoms with E-state index in [0.29, 0.717) is 12.1 Å². The van der Waals surface area contributed by atoms with E-state index in [2.05, 4.69) is 10.6 Å². The van der Waals surface area contributed by atoms with Crippen molar-refractivity contribution in [1.29, 1.82) is 0 Å². The number of carbonyl (C=O) groups excluding carboxylic acids is 1. The van der Waals surface area contributed by atoms with Gasteiger partial charge in [-0.2, -0.15) is 0 Å². The van der Waals surface area contributed by atoms with Gasteiger partial charge in [-0.1, -0.05) is 78.9 Å². The van der Waals surface area contributed by atoms with Crippen LogP contribution < -0.4 is 10.6 Å². The topological polar surface area (TPSA) is 78.4 Å². The van der Waals surface area contributed by atoms with E-state index in [1.165, 1.54) is 6.08 Å². The average molecular weight is 386 g/mol. The Hall–Kier alpha value is -3.86. The third kappa shape index (κ3) is 6.36. The average Bonchev–Trinajstić information content (AvgIpc) is 2.74. The van der Waals surface area contributed by atoms with Gasteiger partial charge < -0.3 is 15.7 Å². The summed E-state index contributed by atoms with van der Waals surface area (Å²) in [5.74, 6) is -1.05. The molecule has 29 heavy (non-hydrogen) atoms. The number of rotatable bonds is 7. The van der Waals surface area contributed by atoms with E-state index in [0.717, 1.165) is 22.8 Å². The first-order chi connectivity index (χ1) is 14.1. The first-order valence-corrected chi connectivity index (χ1v) is 9.28. The van der Waals surface area contributed by atoms with Crippen LogP contribution in [0.15, 0.2) is 97.1 Å². The van der Waals surface area contributed by atoms with Crippen molar-refractivity contribution < 1.29 is 14.7 Å². The molecule has 0 unspecified atom stereocenters. The predicted molar refractivity (Wildman–Crippen MR) is 115 cm³/mol. The molecule has 3 N–H and O–H groups in total. The lowest BCUT2D eigenvalue weighted by atomic mass is 10.1. The number of hydrogen-bond acceptors (Lipinski definition) is 2. The predicted octanol–water partition coefficient (Wildman–Crippen LogP) is 4.73. The fourth-order valence-electron chi connectivity index (χ4n) is 2.95. The summed E-state index contributed by atoms with van der Waals surface area (Å²) in [5.41, 5.74) is 3.82. The fraction of sp³-hybridized carbons (Fsp3) is 0.0833. The van der Waals surface area contributed by atoms with E-state index in [-0.39, 0.29) is 0 Å². The Kier molecular flexibility index (Phi) is 6.79. The van der Waals surface area contributed by atoms with Crippen molar-refractivity contribution >= 4 is 17.7 Å². The summed E-state index contributed by atoms with van der Waals surface area (Å²) in [6.45, 7) is 0. The molecule has 1 atom stereocenters. The van der Waals surface area contributed by atoms with Crippen LogP contribution in [-0.4, -0.2) is 23.1 Å². The molecule has 3 aromatic rings. The van der Waals surface area contributed by atoms with Crippen molar-refractivity contribution in [2.75, 3.05) is 5.32 Å². The summed E-state index contributed by atoms with van der Waals surface area (Å²) in [5, 5.41) is 14.5. The second kappa shape index (κ2) is 9.90. The number of amides is 2. The molecule has 0 bridgehead atoms. The third-order valence-electron chi connectivity index (χ3n) is 4.34. The molecular weight excluding hydrogens is 364 g/mol. The van der Waals surface area contributed by atoms with Gasteiger partial charge >= 0.3 is 12.0 Å². The number of carbonyl (C=O) groups is 2. The van der Waals surface area contributed by atoms with E-state index in [4.69, 9.17) is 5.11 Å². The van der Waals surface area contributed by atoms with Crippen LogP contribution in [0, 0.1) is 0 Å². The number of anilines is 1. The highest BCUT2D eigenvalue weighted by molar-refractivity contribution is 5.90. The molecular formula is C24H22N2O3. The molecule has 0 aliphatic carbocycles. The normalized spacial score (nSPS) is 11.7. The molecule has 0 saturated heterocycles. The second-order valence-electron chi connectivity index (χ2n) is 6.54. The van der Waals surface area contributed by atoms with Gasteiger partial charge in [0.05, 0.1) is 6.04 Å². The quantitative estimate of drug-likeness (QED) is 0.514. The minimum atomic E-state index is -1.05. The molecule has 146 valence electrons. The standard InChI is InChI=1S/C24H22N2O3/c27-23(28)16-15-22(17-18-7-3-1-4-8-18)26-24(29)25-21-13-11-20(12-14-21)19-9-5-2-6-10-19/h1-16,22H,17H2,(H,27,28)(H2,25,26,29)/b16-15-/t22-/m1/s1. The van der Waals surface area contributed by atoms with Gasteiger partial charge in [0.25, 0.3) is 0 Å². The van der Waals surface area contributed by atoms with Gasteiger partial charge in [0.1, 0.15) is 0 Å². The third-order valence-corrected chi connectivity index (χ3v) is 4.34. The van der Waals surface area contributed by atoms with Crippen LogP contribution in [-0.2, 0) is 11.2 Å². The highest BCUT2D eigenvalue weighted by Crippen LogP contribution is 2.21. The molecule has 5 heteroatoms. The summed E-state index contributed by atoms with van der Waals surface area (Å²) >= 11 is 0. The lowest BCUT2D eigenvalue weighted by Gasteiger charge is -2.16. The number of aliphatic carboxylic acids is 1. The van der Waals surface area contributed by atoms with Gasteiger partial charge in [-0.05, 0) is 35.2 Å². The SMILES string of the molecule is O=C(O)/C=C\[C@H](Cc1ccccc1)NC(=O)Nc1ccc(-c2ccccc2)cc1. The van der Waals surface area contributed by atoms with E-state index in [1.54, 1.807) is 0 Å². The van der Waals surface area contributed by atoms with Crippen molar-refractivity contribution in [3.63, 3.8) is 0 Å². The number of nitrogens with one attached hydrogen (secondary N) is 2. The molecule has 2 amide bonds. The number of carboxylic acid groups (broad SMARTS) is 1. The summed E-state index contributed by atoms with van der Waals surface area (Å²) in [6.07, 6.45) is 3.01. The second-order valence-corrected chi connectivity index (χ2v) is 6.54. The lowest BCUT2D eigenvalue weighted by molar-refractivity contribution is -0.131. The summed E-state index contributed by atoms with van der Waals surface area (Å²) < 4.78 is 0. The van der Waals surface area contributed by atoms with Crippen molar-refractivity contribution in [2.24, 2.45) is 0 Å². The zero-order valence-corrected chi connectivity index (χ0v) is 15.8. The van der Waals surface area contributed by atoms with Crippen LogP contribution >= 0.6 is 0 Å². The van der Waals surface area contributed by atoms with Gasteiger partial charge in [0.2, 0.25) is 0 Å². The first-order valence-electron chi connectivity index (χ1n) is 9.28. The zero-order valence-electron chi connectivity index (χ0n) is 15.8. The fourth-order valence-corrected chi connectivity index (χ4v) is 2.95. The van der Waals surface area contributed by atoms with Crippen molar-refractivity contribution in [2.45, 2.75) is 12.5 Å². The van der Waals surface area contributed by atoms with Crippen molar-refractivity contribution in [3.05, 3.63) is 103 Å². The van der Waals surface area contributed by atoms with Gasteiger partial charge in [-0.3, -0.25) is 0 Å². The molecule has 0 fully saturated rings. The largest absolute Gasteiger partial charge is 0.478 e. The maximum Gasteiger partial charge on any atom is 0.328 e. The molecule has 0 radical (unpaired) electrons. The Morgan fingerprint density at radius 3 is 2.03 bits per heavy atom. The number of hydrogen-bond donors (Lipinski definition) is 3. The van der Waals surface area contributed by atoms with Gasteiger partial charge in [-0.15, -0.1) is 0 Å². The van der Waals surface area contributed by atoms with Gasteiger partial charge in [0, 0.05) is 11.8 Å². The highest BCUT2D eigenvalue weighted by atomic mass is 16.4. The maximum atomic E-state index is 12.4. The van der Waals surface area contributed by atoms with E-state index in [1.807, 2.05) is 84.9 Å². The number of urea groups is 1. The minimum Gasteiger partial charge on any atom is -0.478 e. The molecule has 3 rings (SSSR count). The van der Waals surface area contributed by atoms with Crippen LogP contribution in [0.3, 0.4) is 0 Å². The Balaban J connectivity index is 1.63. The molecule has 0 spiro atoms. The Morgan fingerprint density at radius 2 is 1.41 bits per heavy atom. The number of carboxylic acids is 1. The first kappa shape index (κ1) is 19.9.